The van der Waals surface area contributed by atoms with Gasteiger partial charge in [-0.3, -0.25) is 9.89 Å². The summed E-state index contributed by atoms with van der Waals surface area (Å²) in [6.45, 7) is 6.09. The van der Waals surface area contributed by atoms with Gasteiger partial charge in [-0.25, -0.2) is 4.98 Å². The molecule has 25 heavy (non-hydrogen) atoms. The summed E-state index contributed by atoms with van der Waals surface area (Å²) in [4.78, 5) is 12.5. The van der Waals surface area contributed by atoms with Gasteiger partial charge in [-0.15, -0.1) is 11.3 Å². The average molecular weight is 358 g/mol. The number of aromatic nitrogens is 1. The van der Waals surface area contributed by atoms with Gasteiger partial charge in [0.1, 0.15) is 5.01 Å². The maximum atomic E-state index is 4.39. The number of thiazole rings is 1. The van der Waals surface area contributed by atoms with Crippen molar-refractivity contribution in [1.29, 1.82) is 0 Å². The Bertz CT molecular complexity index is 674. The van der Waals surface area contributed by atoms with Crippen molar-refractivity contribution < 1.29 is 0 Å². The summed E-state index contributed by atoms with van der Waals surface area (Å²) in [7, 11) is 1.83. The predicted molar refractivity (Wildman–Crippen MR) is 105 cm³/mol. The zero-order valence-corrected chi connectivity index (χ0v) is 15.9. The van der Waals surface area contributed by atoms with E-state index >= 15 is 0 Å². The molecule has 0 spiro atoms. The third kappa shape index (κ3) is 5.54. The third-order valence-corrected chi connectivity index (χ3v) is 5.39. The van der Waals surface area contributed by atoms with Crippen molar-refractivity contribution in [2.45, 2.75) is 38.9 Å². The molecule has 3 rings (SSSR count). The van der Waals surface area contributed by atoms with E-state index in [9.17, 15) is 0 Å². The van der Waals surface area contributed by atoms with Crippen LogP contribution in [0.3, 0.4) is 0 Å². The van der Waals surface area contributed by atoms with Gasteiger partial charge in [0.05, 0.1) is 6.54 Å². The zero-order valence-electron chi connectivity index (χ0n) is 15.0. The summed E-state index contributed by atoms with van der Waals surface area (Å²) in [5.41, 5.74) is 1.39. The molecule has 0 bridgehead atoms. The van der Waals surface area contributed by atoms with Crippen LogP contribution in [0.15, 0.2) is 41.5 Å². The van der Waals surface area contributed by atoms with Gasteiger partial charge in [0.25, 0.3) is 0 Å². The number of hydrogen-bond donors (Lipinski definition) is 2. The zero-order chi connectivity index (χ0) is 17.5. The Balaban J connectivity index is 1.41. The second-order valence-corrected chi connectivity index (χ2v) is 7.79. The second kappa shape index (κ2) is 8.97. The largest absolute Gasteiger partial charge is 0.354 e. The van der Waals surface area contributed by atoms with Gasteiger partial charge in [0.2, 0.25) is 0 Å². The molecule has 1 fully saturated rings. The number of hydrogen-bond acceptors (Lipinski definition) is 4. The molecule has 0 saturated carbocycles. The molecule has 2 N–H and O–H groups in total. The number of benzene rings is 1. The highest BCUT2D eigenvalue weighted by Crippen LogP contribution is 2.14. The van der Waals surface area contributed by atoms with Crippen molar-refractivity contribution in [3.63, 3.8) is 0 Å². The van der Waals surface area contributed by atoms with Gasteiger partial charge in [0.15, 0.2) is 5.96 Å². The SMILES string of the molecule is CN=C(NCc1ncc(C)s1)NC1CCN(Cc2ccccc2)CC1. The lowest BCUT2D eigenvalue weighted by Crippen LogP contribution is -2.48. The Morgan fingerprint density at radius 2 is 2.04 bits per heavy atom. The molecule has 0 radical (unpaired) electrons. The quantitative estimate of drug-likeness (QED) is 0.638. The standard InChI is InChI=1S/C19H27N5S/c1-15-12-21-18(25-15)13-22-19(20-2)23-17-8-10-24(11-9-17)14-16-6-4-3-5-7-16/h3-7,12,17H,8-11,13-14H2,1-2H3,(H2,20,22,23). The summed E-state index contributed by atoms with van der Waals surface area (Å²) >= 11 is 1.72. The van der Waals surface area contributed by atoms with E-state index in [-0.39, 0.29) is 0 Å². The van der Waals surface area contributed by atoms with Crippen LogP contribution in [0, 0.1) is 6.92 Å². The highest BCUT2D eigenvalue weighted by Gasteiger charge is 2.20. The van der Waals surface area contributed by atoms with Crippen molar-refractivity contribution >= 4 is 17.3 Å². The number of piperidine rings is 1. The van der Waals surface area contributed by atoms with Crippen LogP contribution in [-0.2, 0) is 13.1 Å². The summed E-state index contributed by atoms with van der Waals surface area (Å²) in [6, 6.07) is 11.2. The number of aliphatic imine (C=N–C) groups is 1. The van der Waals surface area contributed by atoms with Crippen molar-refractivity contribution in [2.75, 3.05) is 20.1 Å². The lowest BCUT2D eigenvalue weighted by atomic mass is 10.0. The van der Waals surface area contributed by atoms with Crippen molar-refractivity contribution in [3.05, 3.63) is 52.0 Å². The topological polar surface area (TPSA) is 52.6 Å². The predicted octanol–water partition coefficient (Wildman–Crippen LogP) is 2.78. The van der Waals surface area contributed by atoms with E-state index < -0.39 is 0 Å². The average Bonchev–Trinajstić information content (AvgIpc) is 3.06. The molecular weight excluding hydrogens is 330 g/mol. The van der Waals surface area contributed by atoms with Gasteiger partial charge < -0.3 is 10.6 Å². The highest BCUT2D eigenvalue weighted by molar-refractivity contribution is 7.11. The van der Waals surface area contributed by atoms with Gasteiger partial charge in [-0.1, -0.05) is 30.3 Å². The first kappa shape index (κ1) is 17.9. The summed E-state index contributed by atoms with van der Waals surface area (Å²) < 4.78 is 0. The van der Waals surface area contributed by atoms with E-state index in [2.05, 4.69) is 62.8 Å². The molecule has 6 heteroatoms. The number of nitrogens with zero attached hydrogens (tertiary/aromatic N) is 3. The van der Waals surface area contributed by atoms with Crippen LogP contribution in [0.25, 0.3) is 0 Å². The second-order valence-electron chi connectivity index (χ2n) is 6.47. The fourth-order valence-corrected chi connectivity index (χ4v) is 3.83. The molecule has 5 nitrogen and oxygen atoms in total. The maximum absolute atomic E-state index is 4.39. The van der Waals surface area contributed by atoms with Gasteiger partial charge in [-0.2, -0.15) is 0 Å². The molecule has 1 aliphatic heterocycles. The van der Waals surface area contributed by atoms with Crippen LogP contribution in [0.2, 0.25) is 0 Å². The number of guanidine groups is 1. The summed E-state index contributed by atoms with van der Waals surface area (Å²) in [6.07, 6.45) is 4.20. The molecule has 0 unspecified atom stereocenters. The third-order valence-electron chi connectivity index (χ3n) is 4.48. The molecule has 2 aromatic rings. The molecule has 134 valence electrons. The lowest BCUT2D eigenvalue weighted by molar-refractivity contribution is 0.198. The fraction of sp³-hybridized carbons (Fsp3) is 0.474. The first-order valence-corrected chi connectivity index (χ1v) is 9.69. The molecule has 2 heterocycles. The minimum atomic E-state index is 0.483. The number of nitrogens with one attached hydrogen (secondary N) is 2. The molecule has 0 aliphatic carbocycles. The van der Waals surface area contributed by atoms with E-state index in [1.165, 1.54) is 10.4 Å². The van der Waals surface area contributed by atoms with Crippen LogP contribution in [0.5, 0.6) is 0 Å². The van der Waals surface area contributed by atoms with E-state index in [0.29, 0.717) is 6.04 Å². The van der Waals surface area contributed by atoms with Crippen LogP contribution < -0.4 is 10.6 Å². The number of likely N-dealkylation sites (tertiary alicyclic amines) is 1. The lowest BCUT2D eigenvalue weighted by Gasteiger charge is -2.33. The Kier molecular flexibility index (Phi) is 6.42. The molecule has 1 aromatic heterocycles. The molecule has 1 saturated heterocycles. The van der Waals surface area contributed by atoms with E-state index in [1.807, 2.05) is 13.2 Å². The van der Waals surface area contributed by atoms with Crippen LogP contribution in [-0.4, -0.2) is 42.0 Å². The minimum absolute atomic E-state index is 0.483. The maximum Gasteiger partial charge on any atom is 0.191 e. The molecule has 1 aliphatic rings. The molecule has 1 aromatic carbocycles. The Hall–Kier alpha value is -1.92. The Morgan fingerprint density at radius 3 is 2.68 bits per heavy atom. The van der Waals surface area contributed by atoms with E-state index in [1.54, 1.807) is 11.3 Å². The Morgan fingerprint density at radius 1 is 1.28 bits per heavy atom. The van der Waals surface area contributed by atoms with E-state index in [0.717, 1.165) is 50.0 Å². The summed E-state index contributed by atoms with van der Waals surface area (Å²) in [5, 5.41) is 8.02. The van der Waals surface area contributed by atoms with Gasteiger partial charge in [0, 0.05) is 43.8 Å². The first-order chi connectivity index (χ1) is 12.2. The number of aryl methyl sites for hydroxylation is 1. The Labute approximate surface area is 154 Å². The monoisotopic (exact) mass is 357 g/mol. The van der Waals surface area contributed by atoms with Crippen molar-refractivity contribution in [2.24, 2.45) is 4.99 Å². The smallest absolute Gasteiger partial charge is 0.191 e. The minimum Gasteiger partial charge on any atom is -0.354 e. The normalized spacial score (nSPS) is 16.8. The first-order valence-electron chi connectivity index (χ1n) is 8.87. The summed E-state index contributed by atoms with van der Waals surface area (Å²) in [5.74, 6) is 0.870. The molecule has 0 amide bonds. The van der Waals surface area contributed by atoms with Gasteiger partial charge in [-0.05, 0) is 25.3 Å². The van der Waals surface area contributed by atoms with Crippen molar-refractivity contribution in [3.8, 4) is 0 Å². The van der Waals surface area contributed by atoms with Gasteiger partial charge >= 0.3 is 0 Å². The van der Waals surface area contributed by atoms with Crippen LogP contribution in [0.4, 0.5) is 0 Å². The number of rotatable bonds is 5. The van der Waals surface area contributed by atoms with Crippen molar-refractivity contribution in [1.82, 2.24) is 20.5 Å². The van der Waals surface area contributed by atoms with Crippen LogP contribution in [0.1, 0.15) is 28.3 Å². The van der Waals surface area contributed by atoms with E-state index in [4.69, 9.17) is 0 Å². The van der Waals surface area contributed by atoms with Crippen LogP contribution >= 0.6 is 11.3 Å². The molecular formula is C19H27N5S. The molecule has 0 atom stereocenters. The highest BCUT2D eigenvalue weighted by atomic mass is 32.1. The fourth-order valence-electron chi connectivity index (χ4n) is 3.11.